The number of hydrogen-bond donors (Lipinski definition) is 2. The maximum atomic E-state index is 9.65. The van der Waals surface area contributed by atoms with Crippen molar-refractivity contribution in [1.82, 2.24) is 0 Å². The Balaban J connectivity index is 1.87. The van der Waals surface area contributed by atoms with Crippen molar-refractivity contribution >= 4 is 0 Å². The molecule has 0 aromatic rings. The van der Waals surface area contributed by atoms with Crippen LogP contribution in [0.2, 0.25) is 0 Å². The topological polar surface area (TPSA) is 64.7 Å². The van der Waals surface area contributed by atoms with E-state index in [1.807, 2.05) is 13.8 Å². The molecule has 2 aliphatic rings. The van der Waals surface area contributed by atoms with Crippen molar-refractivity contribution < 1.29 is 14.6 Å². The van der Waals surface area contributed by atoms with Gasteiger partial charge in [-0.3, -0.25) is 0 Å². The van der Waals surface area contributed by atoms with Gasteiger partial charge < -0.3 is 20.3 Å². The normalized spacial score (nSPS) is 35.5. The van der Waals surface area contributed by atoms with Crippen LogP contribution in [0.4, 0.5) is 0 Å². The average molecular weight is 368 g/mol. The van der Waals surface area contributed by atoms with E-state index in [4.69, 9.17) is 15.2 Å². The third kappa shape index (κ3) is 6.33. The molecule has 0 aromatic carbocycles. The minimum atomic E-state index is -0.346. The molecule has 2 rings (SSSR count). The Morgan fingerprint density at radius 1 is 1.35 bits per heavy atom. The Morgan fingerprint density at radius 3 is 2.81 bits per heavy atom. The van der Waals surface area contributed by atoms with Gasteiger partial charge in [0, 0.05) is 6.61 Å². The molecule has 6 unspecified atom stereocenters. The number of hydrogen-bond acceptors (Lipinski definition) is 4. The SMILES string of the molecule is C/C(=C\C(C)CCC1COCC2(CCC(C)C(CCCN)O2)C1)C(C)O. The lowest BCUT2D eigenvalue weighted by atomic mass is 9.77. The molecule has 0 aromatic heterocycles. The summed E-state index contributed by atoms with van der Waals surface area (Å²) < 4.78 is 12.6. The maximum absolute atomic E-state index is 9.65. The number of nitrogens with two attached hydrogens (primary N) is 1. The first-order chi connectivity index (χ1) is 12.3. The molecule has 0 amide bonds. The van der Waals surface area contributed by atoms with Gasteiger partial charge >= 0.3 is 0 Å². The van der Waals surface area contributed by atoms with Gasteiger partial charge in [0.05, 0.1) is 24.4 Å². The molecule has 0 radical (unpaired) electrons. The Kier molecular flexibility index (Phi) is 8.59. The first-order valence-corrected chi connectivity index (χ1v) is 10.7. The highest BCUT2D eigenvalue weighted by Crippen LogP contribution is 2.41. The van der Waals surface area contributed by atoms with Crippen molar-refractivity contribution in [3.8, 4) is 0 Å². The van der Waals surface area contributed by atoms with Crippen LogP contribution in [0.3, 0.4) is 0 Å². The van der Waals surface area contributed by atoms with Gasteiger partial charge in [-0.15, -0.1) is 0 Å². The monoisotopic (exact) mass is 367 g/mol. The second-order valence-corrected chi connectivity index (χ2v) is 9.01. The van der Waals surface area contributed by atoms with Gasteiger partial charge in [0.2, 0.25) is 0 Å². The Morgan fingerprint density at radius 2 is 2.12 bits per heavy atom. The van der Waals surface area contributed by atoms with E-state index in [-0.39, 0.29) is 11.7 Å². The third-order valence-corrected chi connectivity index (χ3v) is 6.40. The summed E-state index contributed by atoms with van der Waals surface area (Å²) in [7, 11) is 0. The third-order valence-electron chi connectivity index (χ3n) is 6.40. The highest BCUT2D eigenvalue weighted by molar-refractivity contribution is 5.04. The smallest absolute Gasteiger partial charge is 0.0922 e. The Hall–Kier alpha value is -0.420. The number of rotatable bonds is 8. The van der Waals surface area contributed by atoms with Gasteiger partial charge in [0.1, 0.15) is 0 Å². The molecular weight excluding hydrogens is 326 g/mol. The zero-order valence-corrected chi connectivity index (χ0v) is 17.4. The number of ether oxygens (including phenoxy) is 2. The fraction of sp³-hybridized carbons (Fsp3) is 0.909. The molecule has 4 heteroatoms. The van der Waals surface area contributed by atoms with E-state index in [2.05, 4.69) is 19.9 Å². The summed E-state index contributed by atoms with van der Waals surface area (Å²) in [6.07, 6.45) is 10.1. The summed E-state index contributed by atoms with van der Waals surface area (Å²) in [5.41, 5.74) is 6.71. The lowest BCUT2D eigenvalue weighted by molar-refractivity contribution is -0.211. The van der Waals surface area contributed by atoms with Crippen molar-refractivity contribution in [1.29, 1.82) is 0 Å². The minimum Gasteiger partial charge on any atom is -0.389 e. The molecule has 4 nitrogen and oxygen atoms in total. The van der Waals surface area contributed by atoms with Crippen molar-refractivity contribution in [2.24, 2.45) is 23.5 Å². The Labute approximate surface area is 160 Å². The first kappa shape index (κ1) is 21.9. The maximum Gasteiger partial charge on any atom is 0.0922 e. The van der Waals surface area contributed by atoms with Crippen LogP contribution in [-0.2, 0) is 9.47 Å². The fourth-order valence-corrected chi connectivity index (χ4v) is 4.50. The molecule has 2 fully saturated rings. The second kappa shape index (κ2) is 10.2. The fourth-order valence-electron chi connectivity index (χ4n) is 4.50. The van der Waals surface area contributed by atoms with Crippen molar-refractivity contribution in [2.75, 3.05) is 19.8 Å². The number of allylic oxidation sites excluding steroid dienone is 1. The summed E-state index contributed by atoms with van der Waals surface area (Å²) in [6, 6.07) is 0. The zero-order chi connectivity index (χ0) is 19.2. The standard InChI is InChI=1S/C22H41NO3/c1-16(12-18(3)19(4)24)7-8-20-13-22(15-25-14-20)10-9-17(2)21(26-22)6-5-11-23/h12,16-17,19-21,24H,5-11,13-15,23H2,1-4H3/b18-12+. The van der Waals surface area contributed by atoms with Crippen LogP contribution < -0.4 is 5.73 Å². The molecule has 0 bridgehead atoms. The zero-order valence-electron chi connectivity index (χ0n) is 17.4. The van der Waals surface area contributed by atoms with Crippen LogP contribution in [-0.4, -0.2) is 42.7 Å². The molecule has 0 aliphatic carbocycles. The van der Waals surface area contributed by atoms with Gasteiger partial charge in [0.25, 0.3) is 0 Å². The van der Waals surface area contributed by atoms with Gasteiger partial charge in [0.15, 0.2) is 0 Å². The summed E-state index contributed by atoms with van der Waals surface area (Å²) in [5, 5.41) is 9.65. The van der Waals surface area contributed by atoms with Crippen molar-refractivity contribution in [3.63, 3.8) is 0 Å². The molecule has 2 aliphatic heterocycles. The van der Waals surface area contributed by atoms with E-state index in [0.29, 0.717) is 23.9 Å². The molecule has 2 saturated heterocycles. The summed E-state index contributed by atoms with van der Waals surface area (Å²) in [5.74, 6) is 1.70. The molecule has 0 saturated carbocycles. The van der Waals surface area contributed by atoms with E-state index in [9.17, 15) is 5.11 Å². The summed E-state index contributed by atoms with van der Waals surface area (Å²) in [4.78, 5) is 0. The molecule has 26 heavy (non-hydrogen) atoms. The van der Waals surface area contributed by atoms with E-state index >= 15 is 0 Å². The minimum absolute atomic E-state index is 0.0662. The van der Waals surface area contributed by atoms with E-state index < -0.39 is 0 Å². The highest BCUT2D eigenvalue weighted by Gasteiger charge is 2.44. The molecule has 6 atom stereocenters. The van der Waals surface area contributed by atoms with Crippen LogP contribution in [0, 0.1) is 17.8 Å². The number of aliphatic hydroxyl groups excluding tert-OH is 1. The van der Waals surface area contributed by atoms with Crippen LogP contribution in [0.1, 0.15) is 72.6 Å². The van der Waals surface area contributed by atoms with Gasteiger partial charge in [-0.25, -0.2) is 0 Å². The van der Waals surface area contributed by atoms with Crippen LogP contribution in [0.5, 0.6) is 0 Å². The van der Waals surface area contributed by atoms with Gasteiger partial charge in [-0.1, -0.05) is 19.9 Å². The average Bonchev–Trinajstić information content (AvgIpc) is 2.61. The summed E-state index contributed by atoms with van der Waals surface area (Å²) >= 11 is 0. The summed E-state index contributed by atoms with van der Waals surface area (Å²) in [6.45, 7) is 10.8. The van der Waals surface area contributed by atoms with Crippen LogP contribution in [0.25, 0.3) is 0 Å². The first-order valence-electron chi connectivity index (χ1n) is 10.7. The molecular formula is C22H41NO3. The van der Waals surface area contributed by atoms with E-state index in [1.54, 1.807) is 0 Å². The van der Waals surface area contributed by atoms with E-state index in [0.717, 1.165) is 57.4 Å². The highest BCUT2D eigenvalue weighted by atomic mass is 16.6. The van der Waals surface area contributed by atoms with Crippen molar-refractivity contribution in [2.45, 2.75) is 90.4 Å². The van der Waals surface area contributed by atoms with Crippen LogP contribution in [0.15, 0.2) is 11.6 Å². The van der Waals surface area contributed by atoms with E-state index in [1.165, 1.54) is 12.8 Å². The lowest BCUT2D eigenvalue weighted by Crippen LogP contribution is -2.51. The predicted octanol–water partition coefficient (Wildman–Crippen LogP) is 4.06. The van der Waals surface area contributed by atoms with Crippen LogP contribution >= 0.6 is 0 Å². The Bertz CT molecular complexity index is 451. The molecule has 152 valence electrons. The predicted molar refractivity (Wildman–Crippen MR) is 107 cm³/mol. The molecule has 2 heterocycles. The molecule has 3 N–H and O–H groups in total. The quantitative estimate of drug-likeness (QED) is 0.635. The molecule has 1 spiro atoms. The second-order valence-electron chi connectivity index (χ2n) is 9.01. The number of aliphatic hydroxyl groups is 1. The lowest BCUT2D eigenvalue weighted by Gasteiger charge is -2.48. The van der Waals surface area contributed by atoms with Crippen molar-refractivity contribution in [3.05, 3.63) is 11.6 Å². The van der Waals surface area contributed by atoms with Gasteiger partial charge in [-0.2, -0.15) is 0 Å². The van der Waals surface area contributed by atoms with Gasteiger partial charge in [-0.05, 0) is 88.7 Å². The largest absolute Gasteiger partial charge is 0.389 e.